The maximum atomic E-state index is 12.9. The molecule has 33 heavy (non-hydrogen) atoms. The highest BCUT2D eigenvalue weighted by molar-refractivity contribution is 7.80. The number of aromatic amines is 1. The van der Waals surface area contributed by atoms with E-state index in [0.29, 0.717) is 18.2 Å². The van der Waals surface area contributed by atoms with Crippen LogP contribution in [0.4, 0.5) is 0 Å². The van der Waals surface area contributed by atoms with Gasteiger partial charge in [0, 0.05) is 38.3 Å². The van der Waals surface area contributed by atoms with Gasteiger partial charge in [-0.05, 0) is 74.5 Å². The molecule has 2 saturated heterocycles. The SMILES string of the molecule is Cc1ccc2cc(CN(C[C@@H]3CCCO3)C(=S)NCCCN3CCOCC3)c(=O)[nH]c2c1C. The largest absolute Gasteiger partial charge is 0.379 e. The molecular weight excluding hydrogens is 436 g/mol. The van der Waals surface area contributed by atoms with Crippen LogP contribution in [0.25, 0.3) is 10.9 Å². The number of rotatable bonds is 8. The van der Waals surface area contributed by atoms with Crippen molar-refractivity contribution in [1.82, 2.24) is 20.1 Å². The molecule has 0 radical (unpaired) electrons. The summed E-state index contributed by atoms with van der Waals surface area (Å²) in [4.78, 5) is 20.6. The molecule has 3 heterocycles. The Morgan fingerprint density at radius 1 is 1.27 bits per heavy atom. The van der Waals surface area contributed by atoms with Gasteiger partial charge in [0.05, 0.1) is 31.4 Å². The van der Waals surface area contributed by atoms with Crippen molar-refractivity contribution in [2.75, 3.05) is 52.5 Å². The van der Waals surface area contributed by atoms with Crippen LogP contribution in [-0.4, -0.2) is 78.5 Å². The van der Waals surface area contributed by atoms with Crippen LogP contribution >= 0.6 is 12.2 Å². The van der Waals surface area contributed by atoms with Gasteiger partial charge in [0.25, 0.3) is 5.56 Å². The Kier molecular flexibility index (Phi) is 8.35. The first-order chi connectivity index (χ1) is 16.0. The molecule has 2 aliphatic heterocycles. The maximum Gasteiger partial charge on any atom is 0.253 e. The molecule has 1 aromatic heterocycles. The molecule has 2 fully saturated rings. The van der Waals surface area contributed by atoms with Gasteiger partial charge in [0.1, 0.15) is 0 Å². The lowest BCUT2D eigenvalue weighted by atomic mass is 10.0. The van der Waals surface area contributed by atoms with Crippen LogP contribution in [0.2, 0.25) is 0 Å². The number of hydrogen-bond donors (Lipinski definition) is 2. The molecule has 0 spiro atoms. The van der Waals surface area contributed by atoms with Crippen molar-refractivity contribution in [3.8, 4) is 0 Å². The minimum Gasteiger partial charge on any atom is -0.379 e. The van der Waals surface area contributed by atoms with Crippen molar-refractivity contribution in [3.63, 3.8) is 0 Å². The molecule has 7 nitrogen and oxygen atoms in total. The maximum absolute atomic E-state index is 12.9. The first-order valence-corrected chi connectivity index (χ1v) is 12.5. The van der Waals surface area contributed by atoms with E-state index in [1.54, 1.807) is 0 Å². The standard InChI is InChI=1S/C25H36N4O3S/c1-18-6-7-20-15-21(24(30)27-23(20)19(18)2)16-29(17-22-5-3-12-32-22)25(33)26-8-4-9-28-10-13-31-14-11-28/h6-7,15,22H,3-5,8-14,16-17H2,1-2H3,(H,26,33)(H,27,30)/t22-/m0/s1. The lowest BCUT2D eigenvalue weighted by molar-refractivity contribution is 0.0375. The molecule has 4 rings (SSSR count). The van der Waals surface area contributed by atoms with E-state index >= 15 is 0 Å². The fourth-order valence-electron chi connectivity index (χ4n) is 4.58. The number of benzene rings is 1. The minimum atomic E-state index is -0.0522. The van der Waals surface area contributed by atoms with E-state index in [1.807, 2.05) is 13.0 Å². The second kappa shape index (κ2) is 11.4. The number of hydrogen-bond acceptors (Lipinski definition) is 5. The number of nitrogens with zero attached hydrogens (tertiary/aromatic N) is 2. The summed E-state index contributed by atoms with van der Waals surface area (Å²) in [6.07, 6.45) is 3.28. The number of H-pyrrole nitrogens is 1. The van der Waals surface area contributed by atoms with Crippen LogP contribution in [0.5, 0.6) is 0 Å². The average Bonchev–Trinajstić information content (AvgIpc) is 3.33. The van der Waals surface area contributed by atoms with Crippen LogP contribution in [-0.2, 0) is 16.0 Å². The Morgan fingerprint density at radius 3 is 2.85 bits per heavy atom. The monoisotopic (exact) mass is 472 g/mol. The van der Waals surface area contributed by atoms with Gasteiger partial charge >= 0.3 is 0 Å². The molecule has 0 saturated carbocycles. The summed E-state index contributed by atoms with van der Waals surface area (Å²) >= 11 is 5.77. The van der Waals surface area contributed by atoms with Gasteiger partial charge in [-0.25, -0.2) is 0 Å². The molecule has 1 atom stereocenters. The van der Waals surface area contributed by atoms with Gasteiger partial charge in [0.15, 0.2) is 5.11 Å². The lowest BCUT2D eigenvalue weighted by Gasteiger charge is -2.29. The summed E-state index contributed by atoms with van der Waals surface area (Å²) in [6, 6.07) is 6.18. The highest BCUT2D eigenvalue weighted by Crippen LogP contribution is 2.20. The highest BCUT2D eigenvalue weighted by Gasteiger charge is 2.22. The van der Waals surface area contributed by atoms with E-state index in [9.17, 15) is 4.79 Å². The predicted molar refractivity (Wildman–Crippen MR) is 136 cm³/mol. The first kappa shape index (κ1) is 24.1. The van der Waals surface area contributed by atoms with E-state index in [0.717, 1.165) is 87.3 Å². The summed E-state index contributed by atoms with van der Waals surface area (Å²) < 4.78 is 11.3. The molecule has 0 bridgehead atoms. The number of thiocarbonyl (C=S) groups is 1. The summed E-state index contributed by atoms with van der Waals surface area (Å²) in [7, 11) is 0. The van der Waals surface area contributed by atoms with Crippen LogP contribution in [0, 0.1) is 13.8 Å². The predicted octanol–water partition coefficient (Wildman–Crippen LogP) is 2.72. The molecule has 2 aliphatic rings. The molecule has 8 heteroatoms. The molecule has 180 valence electrons. The van der Waals surface area contributed by atoms with E-state index in [2.05, 4.69) is 39.2 Å². The average molecular weight is 473 g/mol. The van der Waals surface area contributed by atoms with E-state index in [1.165, 1.54) is 5.56 Å². The van der Waals surface area contributed by atoms with E-state index in [-0.39, 0.29) is 11.7 Å². The van der Waals surface area contributed by atoms with Gasteiger partial charge in [-0.3, -0.25) is 9.69 Å². The number of nitrogens with one attached hydrogen (secondary N) is 2. The van der Waals surface area contributed by atoms with E-state index in [4.69, 9.17) is 21.7 Å². The number of fused-ring (bicyclic) bond motifs is 1. The molecule has 1 aromatic carbocycles. The number of aryl methyl sites for hydroxylation is 2. The third-order valence-electron chi connectivity index (χ3n) is 6.76. The summed E-state index contributed by atoms with van der Waals surface area (Å²) in [5.41, 5.74) is 3.88. The third-order valence-corrected chi connectivity index (χ3v) is 7.16. The summed E-state index contributed by atoms with van der Waals surface area (Å²) in [5.74, 6) is 0. The molecule has 0 unspecified atom stereocenters. The zero-order valence-electron chi connectivity index (χ0n) is 19.8. The Labute approximate surface area is 201 Å². The van der Waals surface area contributed by atoms with Gasteiger partial charge in [-0.2, -0.15) is 0 Å². The van der Waals surface area contributed by atoms with Crippen molar-refractivity contribution >= 4 is 28.2 Å². The fourth-order valence-corrected chi connectivity index (χ4v) is 4.82. The zero-order valence-corrected chi connectivity index (χ0v) is 20.6. The van der Waals surface area contributed by atoms with Crippen LogP contribution in [0.15, 0.2) is 23.0 Å². The quantitative estimate of drug-likeness (QED) is 0.452. The van der Waals surface area contributed by atoms with E-state index < -0.39 is 0 Å². The molecule has 2 N–H and O–H groups in total. The Balaban J connectivity index is 1.42. The van der Waals surface area contributed by atoms with Crippen molar-refractivity contribution in [2.45, 2.75) is 45.8 Å². The minimum absolute atomic E-state index is 0.0522. The Bertz CT molecular complexity index is 1010. The topological polar surface area (TPSA) is 69.8 Å². The van der Waals surface area contributed by atoms with Gasteiger partial charge in [-0.1, -0.05) is 12.1 Å². The first-order valence-electron chi connectivity index (χ1n) is 12.1. The van der Waals surface area contributed by atoms with Crippen molar-refractivity contribution in [3.05, 3.63) is 45.2 Å². The van der Waals surface area contributed by atoms with Gasteiger partial charge < -0.3 is 24.7 Å². The molecule has 2 aromatic rings. The van der Waals surface area contributed by atoms with Crippen LogP contribution < -0.4 is 10.9 Å². The van der Waals surface area contributed by atoms with Gasteiger partial charge in [0.2, 0.25) is 0 Å². The smallest absolute Gasteiger partial charge is 0.253 e. The molecular formula is C25H36N4O3S. The highest BCUT2D eigenvalue weighted by atomic mass is 32.1. The van der Waals surface area contributed by atoms with Crippen molar-refractivity contribution in [2.24, 2.45) is 0 Å². The number of pyridine rings is 1. The van der Waals surface area contributed by atoms with Crippen molar-refractivity contribution in [1.29, 1.82) is 0 Å². The second-order valence-electron chi connectivity index (χ2n) is 9.15. The molecule has 0 aliphatic carbocycles. The Hall–Kier alpha value is -2.00. The number of morpholine rings is 1. The number of aromatic nitrogens is 1. The summed E-state index contributed by atoms with van der Waals surface area (Å²) in [5, 5.41) is 5.16. The zero-order chi connectivity index (χ0) is 23.2. The summed E-state index contributed by atoms with van der Waals surface area (Å²) in [6.45, 7) is 11.6. The fraction of sp³-hybridized carbons (Fsp3) is 0.600. The van der Waals surface area contributed by atoms with Crippen molar-refractivity contribution < 1.29 is 9.47 Å². The number of ether oxygens (including phenoxy) is 2. The van der Waals surface area contributed by atoms with Gasteiger partial charge in [-0.15, -0.1) is 0 Å². The molecule has 0 amide bonds. The Morgan fingerprint density at radius 2 is 2.09 bits per heavy atom. The second-order valence-corrected chi connectivity index (χ2v) is 9.54. The third kappa shape index (κ3) is 6.32. The van der Waals surface area contributed by atoms with Crippen LogP contribution in [0.1, 0.15) is 36.0 Å². The lowest BCUT2D eigenvalue weighted by Crippen LogP contribution is -2.45. The van der Waals surface area contributed by atoms with Crippen LogP contribution in [0.3, 0.4) is 0 Å². The normalized spacial score (nSPS) is 19.2.